The SMILES string of the molecule is C=C.C=C1/C(=C\CC)C(CC)(CC)c2ccccc21.CC.CC.CCc1ccc2ccccc2c1.Cc1ccc2c(c1)C(C)(C)c1ccccc1-2. The summed E-state index contributed by atoms with van der Waals surface area (Å²) in [5, 5.41) is 2.67. The minimum Gasteiger partial charge on any atom is -0.106 e. The van der Waals surface area contributed by atoms with Gasteiger partial charge in [0.25, 0.3) is 0 Å². The molecule has 0 heterocycles. The van der Waals surface area contributed by atoms with Gasteiger partial charge in [0.2, 0.25) is 0 Å². The molecular weight excluding hydrogens is 613 g/mol. The van der Waals surface area contributed by atoms with Crippen LogP contribution in [0.1, 0.15) is 122 Å². The molecular formula is C51H66. The summed E-state index contributed by atoms with van der Waals surface area (Å²) in [6.07, 6.45) is 6.89. The Morgan fingerprint density at radius 3 is 1.69 bits per heavy atom. The minimum atomic E-state index is 0.151. The number of fused-ring (bicyclic) bond motifs is 5. The third kappa shape index (κ3) is 9.09. The van der Waals surface area contributed by atoms with Gasteiger partial charge in [0.1, 0.15) is 0 Å². The zero-order valence-electron chi connectivity index (χ0n) is 33.9. The first-order chi connectivity index (χ1) is 24.7. The van der Waals surface area contributed by atoms with Crippen molar-refractivity contribution >= 4 is 16.3 Å². The van der Waals surface area contributed by atoms with Gasteiger partial charge in [-0.2, -0.15) is 0 Å². The molecule has 0 heteroatoms. The van der Waals surface area contributed by atoms with E-state index in [9.17, 15) is 0 Å². The number of hydrogen-bond acceptors (Lipinski definition) is 0. The molecule has 0 N–H and O–H groups in total. The van der Waals surface area contributed by atoms with Gasteiger partial charge >= 0.3 is 0 Å². The summed E-state index contributed by atoms with van der Waals surface area (Å²) in [6, 6.07) is 39.4. The minimum absolute atomic E-state index is 0.151. The van der Waals surface area contributed by atoms with Crippen molar-refractivity contribution < 1.29 is 0 Å². The molecule has 270 valence electrons. The topological polar surface area (TPSA) is 0 Å². The van der Waals surface area contributed by atoms with Gasteiger partial charge in [-0.15, -0.1) is 13.2 Å². The van der Waals surface area contributed by atoms with Crippen molar-refractivity contribution in [2.24, 2.45) is 0 Å². The average molecular weight is 679 g/mol. The van der Waals surface area contributed by atoms with Crippen LogP contribution in [0.2, 0.25) is 0 Å². The molecule has 5 aromatic rings. The van der Waals surface area contributed by atoms with Crippen molar-refractivity contribution in [1.82, 2.24) is 0 Å². The second kappa shape index (κ2) is 20.4. The fraction of sp³-hybridized carbons (Fsp3) is 0.333. The molecule has 0 bridgehead atoms. The molecule has 0 fully saturated rings. The van der Waals surface area contributed by atoms with Crippen LogP contribution >= 0.6 is 0 Å². The van der Waals surface area contributed by atoms with Crippen LogP contribution in [-0.4, -0.2) is 0 Å². The largest absolute Gasteiger partial charge is 0.106 e. The Morgan fingerprint density at radius 1 is 0.569 bits per heavy atom. The Hall–Kier alpha value is -4.42. The molecule has 0 nitrogen and oxygen atoms in total. The molecule has 0 saturated heterocycles. The van der Waals surface area contributed by atoms with Gasteiger partial charge in [-0.05, 0) is 93.5 Å². The van der Waals surface area contributed by atoms with Gasteiger partial charge in [0, 0.05) is 10.8 Å². The predicted molar refractivity (Wildman–Crippen MR) is 232 cm³/mol. The number of rotatable bonds is 4. The maximum absolute atomic E-state index is 4.32. The lowest BCUT2D eigenvalue weighted by molar-refractivity contribution is 0.489. The summed E-state index contributed by atoms with van der Waals surface area (Å²) in [7, 11) is 0. The molecule has 2 aliphatic carbocycles. The second-order valence-corrected chi connectivity index (χ2v) is 13.1. The third-order valence-electron chi connectivity index (χ3n) is 10.2. The van der Waals surface area contributed by atoms with Gasteiger partial charge in [-0.3, -0.25) is 0 Å². The summed E-state index contributed by atoms with van der Waals surface area (Å²) in [5.41, 5.74) is 14.4. The fourth-order valence-corrected chi connectivity index (χ4v) is 7.55. The molecule has 2 aliphatic rings. The molecule has 5 aromatic carbocycles. The first kappa shape index (κ1) is 42.7. The molecule has 0 saturated carbocycles. The second-order valence-electron chi connectivity index (χ2n) is 13.1. The van der Waals surface area contributed by atoms with E-state index in [0.29, 0.717) is 0 Å². The van der Waals surface area contributed by atoms with Crippen molar-refractivity contribution in [3.63, 3.8) is 0 Å². The van der Waals surface area contributed by atoms with Crippen LogP contribution in [0, 0.1) is 6.92 Å². The van der Waals surface area contributed by atoms with Crippen molar-refractivity contribution in [2.75, 3.05) is 0 Å². The number of benzene rings is 5. The van der Waals surface area contributed by atoms with Gasteiger partial charge in [-0.25, -0.2) is 0 Å². The monoisotopic (exact) mass is 679 g/mol. The molecule has 0 radical (unpaired) electrons. The van der Waals surface area contributed by atoms with E-state index in [1.807, 2.05) is 27.7 Å². The first-order valence-corrected chi connectivity index (χ1v) is 19.4. The van der Waals surface area contributed by atoms with E-state index < -0.39 is 0 Å². The molecule has 0 spiro atoms. The van der Waals surface area contributed by atoms with E-state index in [-0.39, 0.29) is 10.8 Å². The van der Waals surface area contributed by atoms with Crippen LogP contribution in [0.4, 0.5) is 0 Å². The molecule has 7 rings (SSSR count). The summed E-state index contributed by atoms with van der Waals surface area (Å²) >= 11 is 0. The Morgan fingerprint density at radius 2 is 1.10 bits per heavy atom. The lowest BCUT2D eigenvalue weighted by atomic mass is 9.73. The normalized spacial score (nSPS) is 14.3. The smallest absolute Gasteiger partial charge is 0.0206 e. The van der Waals surface area contributed by atoms with E-state index in [0.717, 1.165) is 25.7 Å². The van der Waals surface area contributed by atoms with E-state index in [4.69, 9.17) is 0 Å². The van der Waals surface area contributed by atoms with Crippen LogP contribution in [0.15, 0.2) is 141 Å². The lowest BCUT2D eigenvalue weighted by Gasteiger charge is -2.30. The molecule has 0 atom stereocenters. The maximum atomic E-state index is 4.32. The van der Waals surface area contributed by atoms with Crippen molar-refractivity contribution in [1.29, 1.82) is 0 Å². The van der Waals surface area contributed by atoms with Gasteiger partial charge in [0.15, 0.2) is 0 Å². The van der Waals surface area contributed by atoms with E-state index >= 15 is 0 Å². The van der Waals surface area contributed by atoms with E-state index in [2.05, 4.69) is 183 Å². The average Bonchev–Trinajstić information content (AvgIpc) is 3.57. The molecule has 0 unspecified atom stereocenters. The third-order valence-corrected chi connectivity index (χ3v) is 10.2. The molecule has 0 amide bonds. The van der Waals surface area contributed by atoms with Gasteiger partial charge < -0.3 is 0 Å². The number of allylic oxidation sites excluding steroid dienone is 3. The predicted octanol–water partition coefficient (Wildman–Crippen LogP) is 15.7. The maximum Gasteiger partial charge on any atom is 0.0206 e. The molecule has 51 heavy (non-hydrogen) atoms. The van der Waals surface area contributed by atoms with Crippen molar-refractivity contribution in [3.8, 4) is 11.1 Å². The van der Waals surface area contributed by atoms with Crippen molar-refractivity contribution in [2.45, 2.75) is 113 Å². The highest BCUT2D eigenvalue weighted by molar-refractivity contribution is 5.88. The van der Waals surface area contributed by atoms with Crippen LogP contribution in [0.5, 0.6) is 0 Å². The quantitative estimate of drug-likeness (QED) is 0.166. The summed E-state index contributed by atoms with van der Waals surface area (Å²) in [5.74, 6) is 0. The van der Waals surface area contributed by atoms with Crippen LogP contribution in [0.3, 0.4) is 0 Å². The van der Waals surface area contributed by atoms with E-state index in [1.165, 1.54) is 66.4 Å². The number of aryl methyl sites for hydroxylation is 2. The summed E-state index contributed by atoms with van der Waals surface area (Å²) in [6.45, 7) is 34.1. The van der Waals surface area contributed by atoms with Gasteiger partial charge in [-0.1, -0.05) is 197 Å². The van der Waals surface area contributed by atoms with E-state index in [1.54, 1.807) is 0 Å². The number of hydrogen-bond donors (Lipinski definition) is 0. The zero-order chi connectivity index (χ0) is 38.2. The van der Waals surface area contributed by atoms with Crippen LogP contribution < -0.4 is 0 Å². The Bertz CT molecular complexity index is 1860. The zero-order valence-corrected chi connectivity index (χ0v) is 33.9. The highest BCUT2D eigenvalue weighted by Crippen LogP contribution is 2.53. The fourth-order valence-electron chi connectivity index (χ4n) is 7.55. The Kier molecular flexibility index (Phi) is 17.1. The summed E-state index contributed by atoms with van der Waals surface area (Å²) in [4.78, 5) is 0. The highest BCUT2D eigenvalue weighted by Gasteiger charge is 2.41. The van der Waals surface area contributed by atoms with Crippen LogP contribution in [0.25, 0.3) is 27.5 Å². The lowest BCUT2D eigenvalue weighted by Crippen LogP contribution is -2.23. The van der Waals surface area contributed by atoms with Crippen LogP contribution in [-0.2, 0) is 17.3 Å². The Balaban J connectivity index is 0.000000249. The van der Waals surface area contributed by atoms with Gasteiger partial charge in [0.05, 0.1) is 0 Å². The highest BCUT2D eigenvalue weighted by atomic mass is 14.4. The molecule has 0 aromatic heterocycles. The van der Waals surface area contributed by atoms with Crippen molar-refractivity contribution in [3.05, 3.63) is 174 Å². The first-order valence-electron chi connectivity index (χ1n) is 19.4. The molecule has 0 aliphatic heterocycles. The standard InChI is InChI=1S/C17H22.C16H16.C12H12.2C2H6.C2H4/c1-5-10-15-13(4)14-11-8-9-12-16(14)17(15,6-2)7-3;1-11-8-9-13-12-6-4-5-7-14(12)16(2,3)15(13)10-11;1-2-10-7-8-11-5-3-4-6-12(11)9-10;3*1-2/h8-12H,4-7H2,1-3H3;4-10H,1-3H3;3-9H,2H2,1H3;2*1-2H3;1-2H2/b15-10+;;;;;. The summed E-state index contributed by atoms with van der Waals surface area (Å²) < 4.78 is 0. The Labute approximate surface area is 313 Å².